The summed E-state index contributed by atoms with van der Waals surface area (Å²) in [6.07, 6.45) is 0.937. The Bertz CT molecular complexity index is 746. The van der Waals surface area contributed by atoms with Gasteiger partial charge in [0.25, 0.3) is 0 Å². The number of halogens is 1. The third kappa shape index (κ3) is 3.14. The quantitative estimate of drug-likeness (QED) is 0.726. The van der Waals surface area contributed by atoms with E-state index in [2.05, 4.69) is 42.6 Å². The topological polar surface area (TPSA) is 12.0 Å². The minimum atomic E-state index is -0.175. The Balaban J connectivity index is 1.88. The van der Waals surface area contributed by atoms with Gasteiger partial charge in [0.1, 0.15) is 5.82 Å². The molecule has 3 heteroatoms. The number of benzene rings is 2. The van der Waals surface area contributed by atoms with Gasteiger partial charge in [0.2, 0.25) is 0 Å². The molecule has 0 saturated heterocycles. The van der Waals surface area contributed by atoms with E-state index >= 15 is 0 Å². The Morgan fingerprint density at radius 1 is 1.10 bits per heavy atom. The highest BCUT2D eigenvalue weighted by Gasteiger charge is 2.13. The number of aryl methyl sites for hydroxylation is 1. The molecule has 1 heterocycles. The van der Waals surface area contributed by atoms with Gasteiger partial charge in [-0.25, -0.2) is 4.39 Å². The Morgan fingerprint density at radius 2 is 1.86 bits per heavy atom. The van der Waals surface area contributed by atoms with Gasteiger partial charge in [-0.15, -0.1) is 11.3 Å². The van der Waals surface area contributed by atoms with Crippen LogP contribution in [-0.2, 0) is 6.42 Å². The van der Waals surface area contributed by atoms with Crippen LogP contribution in [0.1, 0.15) is 22.0 Å². The van der Waals surface area contributed by atoms with E-state index in [1.54, 1.807) is 17.4 Å². The van der Waals surface area contributed by atoms with Crippen molar-refractivity contribution in [3.05, 3.63) is 70.4 Å². The van der Waals surface area contributed by atoms with E-state index in [4.69, 9.17) is 0 Å². The van der Waals surface area contributed by atoms with Crippen molar-refractivity contribution in [3.8, 4) is 0 Å². The van der Waals surface area contributed by atoms with E-state index in [0.717, 1.165) is 16.5 Å². The van der Waals surface area contributed by atoms with Crippen molar-refractivity contribution < 1.29 is 4.39 Å². The summed E-state index contributed by atoms with van der Waals surface area (Å²) >= 11 is 1.73. The molecule has 0 bridgehead atoms. The summed E-state index contributed by atoms with van der Waals surface area (Å²) in [5.41, 5.74) is 2.58. The molecular weight excluding hydrogens is 281 g/mol. The first-order chi connectivity index (χ1) is 10.2. The summed E-state index contributed by atoms with van der Waals surface area (Å²) < 4.78 is 14.4. The van der Waals surface area contributed by atoms with Gasteiger partial charge in [-0.3, -0.25) is 0 Å². The molecule has 1 aromatic heterocycles. The zero-order valence-electron chi connectivity index (χ0n) is 12.2. The van der Waals surface area contributed by atoms with Crippen LogP contribution >= 0.6 is 11.3 Å². The number of thiophene rings is 1. The van der Waals surface area contributed by atoms with Gasteiger partial charge in [0.15, 0.2) is 0 Å². The number of likely N-dealkylation sites (N-methyl/N-ethyl adjacent to an activating group) is 1. The van der Waals surface area contributed by atoms with Crippen molar-refractivity contribution in [3.63, 3.8) is 0 Å². The fourth-order valence-corrected chi connectivity index (χ4v) is 3.67. The monoisotopic (exact) mass is 299 g/mol. The van der Waals surface area contributed by atoms with E-state index in [1.165, 1.54) is 22.1 Å². The first kappa shape index (κ1) is 14.2. The molecule has 0 fully saturated rings. The van der Waals surface area contributed by atoms with Crippen LogP contribution in [0.15, 0.2) is 48.5 Å². The Morgan fingerprint density at radius 3 is 2.57 bits per heavy atom. The summed E-state index contributed by atoms with van der Waals surface area (Å²) in [5.74, 6) is -0.175. The number of fused-ring (bicyclic) bond motifs is 1. The molecule has 21 heavy (non-hydrogen) atoms. The van der Waals surface area contributed by atoms with Crippen LogP contribution in [0.3, 0.4) is 0 Å². The van der Waals surface area contributed by atoms with Crippen LogP contribution in [0.25, 0.3) is 10.1 Å². The second-order valence-electron chi connectivity index (χ2n) is 5.36. The van der Waals surface area contributed by atoms with Crippen LogP contribution in [-0.4, -0.2) is 7.05 Å². The van der Waals surface area contributed by atoms with Crippen LogP contribution in [0.2, 0.25) is 0 Å². The minimum absolute atomic E-state index is 0.175. The van der Waals surface area contributed by atoms with Crippen molar-refractivity contribution in [1.82, 2.24) is 5.32 Å². The maximum absolute atomic E-state index is 13.3. The number of hydrogen-bond donors (Lipinski definition) is 1. The van der Waals surface area contributed by atoms with Crippen molar-refractivity contribution >= 4 is 21.4 Å². The van der Waals surface area contributed by atoms with Crippen molar-refractivity contribution in [2.75, 3.05) is 7.05 Å². The molecule has 3 aromatic rings. The van der Waals surface area contributed by atoms with Crippen LogP contribution in [0.4, 0.5) is 4.39 Å². The molecule has 0 amide bonds. The van der Waals surface area contributed by atoms with E-state index < -0.39 is 0 Å². The number of rotatable bonds is 4. The SMILES string of the molecule is CNC(Cc1ccc(C)cc1)c1cc2cc(F)ccc2s1. The van der Waals surface area contributed by atoms with E-state index in [0.29, 0.717) is 0 Å². The summed E-state index contributed by atoms with van der Waals surface area (Å²) in [5, 5.41) is 4.36. The molecule has 1 N–H and O–H groups in total. The molecule has 1 atom stereocenters. The molecule has 1 nitrogen and oxygen atoms in total. The molecule has 0 aliphatic heterocycles. The first-order valence-corrected chi connectivity index (χ1v) is 7.89. The lowest BCUT2D eigenvalue weighted by Crippen LogP contribution is -2.17. The lowest BCUT2D eigenvalue weighted by Gasteiger charge is -2.14. The fourth-order valence-electron chi connectivity index (χ4n) is 2.51. The third-order valence-corrected chi connectivity index (χ3v) is 4.98. The second-order valence-corrected chi connectivity index (χ2v) is 6.48. The van der Waals surface area contributed by atoms with Gasteiger partial charge < -0.3 is 5.32 Å². The normalized spacial score (nSPS) is 12.7. The first-order valence-electron chi connectivity index (χ1n) is 7.07. The Labute approximate surface area is 128 Å². The van der Waals surface area contributed by atoms with Crippen LogP contribution < -0.4 is 5.32 Å². The smallest absolute Gasteiger partial charge is 0.123 e. The summed E-state index contributed by atoms with van der Waals surface area (Å²) in [6, 6.07) is 16.0. The highest BCUT2D eigenvalue weighted by Crippen LogP contribution is 2.31. The van der Waals surface area contributed by atoms with Crippen molar-refractivity contribution in [2.45, 2.75) is 19.4 Å². The summed E-state index contributed by atoms with van der Waals surface area (Å²) in [6.45, 7) is 2.10. The molecule has 0 spiro atoms. The van der Waals surface area contributed by atoms with Gasteiger partial charge in [-0.05, 0) is 55.6 Å². The maximum Gasteiger partial charge on any atom is 0.123 e. The Hall–Kier alpha value is -1.71. The van der Waals surface area contributed by atoms with Gasteiger partial charge >= 0.3 is 0 Å². The number of nitrogens with one attached hydrogen (secondary N) is 1. The number of hydrogen-bond acceptors (Lipinski definition) is 2. The van der Waals surface area contributed by atoms with E-state index in [1.807, 2.05) is 13.1 Å². The molecule has 0 saturated carbocycles. The largest absolute Gasteiger partial charge is 0.312 e. The maximum atomic E-state index is 13.3. The highest BCUT2D eigenvalue weighted by atomic mass is 32.1. The van der Waals surface area contributed by atoms with Gasteiger partial charge in [-0.1, -0.05) is 29.8 Å². The highest BCUT2D eigenvalue weighted by molar-refractivity contribution is 7.19. The van der Waals surface area contributed by atoms with E-state index in [9.17, 15) is 4.39 Å². The summed E-state index contributed by atoms with van der Waals surface area (Å²) in [7, 11) is 1.98. The molecule has 0 aliphatic carbocycles. The van der Waals surface area contributed by atoms with Gasteiger partial charge in [0, 0.05) is 15.6 Å². The average Bonchev–Trinajstić information content (AvgIpc) is 2.89. The van der Waals surface area contributed by atoms with Gasteiger partial charge in [-0.2, -0.15) is 0 Å². The lowest BCUT2D eigenvalue weighted by atomic mass is 10.0. The minimum Gasteiger partial charge on any atom is -0.312 e. The van der Waals surface area contributed by atoms with E-state index in [-0.39, 0.29) is 11.9 Å². The molecule has 3 rings (SSSR count). The Kier molecular flexibility index (Phi) is 4.04. The zero-order valence-corrected chi connectivity index (χ0v) is 13.0. The third-order valence-electron chi connectivity index (χ3n) is 3.75. The second kappa shape index (κ2) is 5.96. The zero-order chi connectivity index (χ0) is 14.8. The molecule has 0 radical (unpaired) electrons. The molecule has 108 valence electrons. The molecule has 2 aromatic carbocycles. The predicted octanol–water partition coefficient (Wildman–Crippen LogP) is 4.85. The predicted molar refractivity (Wildman–Crippen MR) is 88.5 cm³/mol. The fraction of sp³-hybridized carbons (Fsp3) is 0.222. The average molecular weight is 299 g/mol. The standard InChI is InChI=1S/C18H18FNS/c1-12-3-5-13(6-4-12)9-16(20-2)18-11-14-10-15(19)7-8-17(14)21-18/h3-8,10-11,16,20H,9H2,1-2H3. The molecule has 0 aliphatic rings. The molecule has 1 unspecified atom stereocenters. The molecular formula is C18H18FNS. The van der Waals surface area contributed by atoms with Crippen molar-refractivity contribution in [2.24, 2.45) is 0 Å². The van der Waals surface area contributed by atoms with Crippen LogP contribution in [0.5, 0.6) is 0 Å². The summed E-state index contributed by atoms with van der Waals surface area (Å²) in [4.78, 5) is 1.25. The lowest BCUT2D eigenvalue weighted by molar-refractivity contribution is 0.602. The van der Waals surface area contributed by atoms with Crippen molar-refractivity contribution in [1.29, 1.82) is 0 Å². The van der Waals surface area contributed by atoms with Gasteiger partial charge in [0.05, 0.1) is 0 Å². The van der Waals surface area contributed by atoms with Crippen LogP contribution in [0, 0.1) is 12.7 Å².